The van der Waals surface area contributed by atoms with Gasteiger partial charge in [-0.05, 0) is 12.5 Å². The second-order valence-electron chi connectivity index (χ2n) is 4.74. The molecule has 0 saturated heterocycles. The number of amides is 2. The van der Waals surface area contributed by atoms with Gasteiger partial charge in [0.05, 0.1) is 13.2 Å². The number of rotatable bonds is 4. The molecule has 0 saturated carbocycles. The molecule has 19 heavy (non-hydrogen) atoms. The molecule has 5 heteroatoms. The van der Waals surface area contributed by atoms with Crippen molar-refractivity contribution in [2.75, 3.05) is 19.7 Å². The molecule has 1 heterocycles. The highest BCUT2D eigenvalue weighted by Crippen LogP contribution is 2.36. The maximum atomic E-state index is 11.5. The molecule has 0 aliphatic carbocycles. The van der Waals surface area contributed by atoms with Crippen LogP contribution in [0.1, 0.15) is 25.3 Å². The summed E-state index contributed by atoms with van der Waals surface area (Å²) in [5, 5.41) is 16.1. The number of ether oxygens (including phenoxy) is 1. The summed E-state index contributed by atoms with van der Waals surface area (Å²) in [5.74, 6) is 0.687. The maximum absolute atomic E-state index is 11.5. The van der Waals surface area contributed by atoms with Crippen molar-refractivity contribution in [2.24, 2.45) is 0 Å². The average molecular weight is 264 g/mol. The summed E-state index contributed by atoms with van der Waals surface area (Å²) in [6.45, 7) is 3.25. The number of carbonyl (C=O) groups is 1. The minimum Gasteiger partial charge on any atom is -0.493 e. The third kappa shape index (κ3) is 3.17. The van der Waals surface area contributed by atoms with Crippen LogP contribution in [0.4, 0.5) is 4.79 Å². The van der Waals surface area contributed by atoms with Crippen LogP contribution in [0, 0.1) is 0 Å². The Morgan fingerprint density at radius 2 is 2.21 bits per heavy atom. The van der Waals surface area contributed by atoms with E-state index in [9.17, 15) is 9.90 Å². The maximum Gasteiger partial charge on any atom is 0.314 e. The van der Waals surface area contributed by atoms with E-state index < -0.39 is 5.60 Å². The fourth-order valence-corrected chi connectivity index (χ4v) is 2.15. The molecule has 0 aromatic heterocycles. The van der Waals surface area contributed by atoms with Crippen LogP contribution in [0.15, 0.2) is 24.3 Å². The summed E-state index contributed by atoms with van der Waals surface area (Å²) in [6.07, 6.45) is 1.35. The second kappa shape index (κ2) is 5.93. The molecule has 1 aromatic rings. The Kier molecular flexibility index (Phi) is 4.27. The van der Waals surface area contributed by atoms with Crippen LogP contribution in [0.5, 0.6) is 5.75 Å². The molecular weight excluding hydrogens is 244 g/mol. The van der Waals surface area contributed by atoms with Crippen molar-refractivity contribution in [2.45, 2.75) is 25.4 Å². The number of nitrogens with one attached hydrogen (secondary N) is 2. The fraction of sp³-hybridized carbons (Fsp3) is 0.500. The van der Waals surface area contributed by atoms with Gasteiger partial charge in [-0.2, -0.15) is 0 Å². The minimum absolute atomic E-state index is 0.183. The molecule has 1 aromatic carbocycles. The summed E-state index contributed by atoms with van der Waals surface area (Å²) in [4.78, 5) is 11.5. The van der Waals surface area contributed by atoms with Gasteiger partial charge < -0.3 is 20.5 Å². The highest BCUT2D eigenvalue weighted by molar-refractivity contribution is 5.73. The Morgan fingerprint density at radius 1 is 1.42 bits per heavy atom. The van der Waals surface area contributed by atoms with E-state index in [0.29, 0.717) is 25.3 Å². The fourth-order valence-electron chi connectivity index (χ4n) is 2.15. The molecule has 0 fully saturated rings. The van der Waals surface area contributed by atoms with Crippen molar-refractivity contribution in [3.8, 4) is 5.75 Å². The molecule has 1 atom stereocenters. The Bertz CT molecular complexity index is 450. The SMILES string of the molecule is CCCNC(=O)NCC1(O)CCOc2ccccc21. The smallest absolute Gasteiger partial charge is 0.314 e. The van der Waals surface area contributed by atoms with Crippen LogP contribution >= 0.6 is 0 Å². The quantitative estimate of drug-likeness (QED) is 0.769. The Balaban J connectivity index is 2.01. The number of benzene rings is 1. The lowest BCUT2D eigenvalue weighted by Crippen LogP contribution is -2.47. The molecule has 0 radical (unpaired) electrons. The van der Waals surface area contributed by atoms with Crippen molar-refractivity contribution < 1.29 is 14.6 Å². The summed E-state index contributed by atoms with van der Waals surface area (Å²) in [5.41, 5.74) is -0.324. The van der Waals surface area contributed by atoms with E-state index in [4.69, 9.17) is 4.74 Å². The molecular formula is C14H20N2O3. The largest absolute Gasteiger partial charge is 0.493 e. The summed E-state index contributed by atoms with van der Waals surface area (Å²) in [7, 11) is 0. The van der Waals surface area contributed by atoms with Gasteiger partial charge in [0.15, 0.2) is 0 Å². The minimum atomic E-state index is -1.06. The first-order chi connectivity index (χ1) is 9.15. The van der Waals surface area contributed by atoms with Crippen molar-refractivity contribution >= 4 is 6.03 Å². The molecule has 1 aliphatic heterocycles. The molecule has 0 bridgehead atoms. The summed E-state index contributed by atoms with van der Waals surface area (Å²) in [6, 6.07) is 7.14. The predicted molar refractivity (Wildman–Crippen MR) is 72.1 cm³/mol. The number of para-hydroxylation sites is 1. The van der Waals surface area contributed by atoms with Crippen molar-refractivity contribution in [3.63, 3.8) is 0 Å². The summed E-state index contributed by atoms with van der Waals surface area (Å²) < 4.78 is 5.50. The lowest BCUT2D eigenvalue weighted by Gasteiger charge is -2.34. The van der Waals surface area contributed by atoms with Gasteiger partial charge in [0.25, 0.3) is 0 Å². The number of hydrogen-bond donors (Lipinski definition) is 3. The lowest BCUT2D eigenvalue weighted by molar-refractivity contribution is 0.0000749. The number of fused-ring (bicyclic) bond motifs is 1. The van der Waals surface area contributed by atoms with E-state index in [1.165, 1.54) is 0 Å². The van der Waals surface area contributed by atoms with Gasteiger partial charge in [-0.25, -0.2) is 4.79 Å². The standard InChI is InChI=1S/C14H20N2O3/c1-2-8-15-13(17)16-10-14(18)7-9-19-12-6-4-3-5-11(12)14/h3-6,18H,2,7-10H2,1H3,(H2,15,16,17). The van der Waals surface area contributed by atoms with E-state index >= 15 is 0 Å². The molecule has 2 rings (SSSR count). The van der Waals surface area contributed by atoms with Crippen molar-refractivity contribution in [3.05, 3.63) is 29.8 Å². The van der Waals surface area contributed by atoms with Crippen LogP contribution < -0.4 is 15.4 Å². The van der Waals surface area contributed by atoms with E-state index in [0.717, 1.165) is 12.0 Å². The lowest BCUT2D eigenvalue weighted by atomic mass is 9.88. The Morgan fingerprint density at radius 3 is 3.00 bits per heavy atom. The number of aliphatic hydroxyl groups is 1. The molecule has 1 unspecified atom stereocenters. The van der Waals surface area contributed by atoms with Crippen LogP contribution in [0.25, 0.3) is 0 Å². The predicted octanol–water partition coefficient (Wildman–Crippen LogP) is 1.37. The molecule has 3 N–H and O–H groups in total. The third-order valence-corrected chi connectivity index (χ3v) is 3.24. The van der Waals surface area contributed by atoms with Gasteiger partial charge in [-0.15, -0.1) is 0 Å². The number of hydrogen-bond acceptors (Lipinski definition) is 3. The normalized spacial score (nSPS) is 21.2. The van der Waals surface area contributed by atoms with Gasteiger partial charge in [-0.1, -0.05) is 25.1 Å². The Labute approximate surface area is 113 Å². The van der Waals surface area contributed by atoms with Crippen molar-refractivity contribution in [1.29, 1.82) is 0 Å². The molecule has 5 nitrogen and oxygen atoms in total. The van der Waals surface area contributed by atoms with E-state index in [2.05, 4.69) is 10.6 Å². The van der Waals surface area contributed by atoms with Gasteiger partial charge in [0, 0.05) is 18.5 Å². The summed E-state index contributed by atoms with van der Waals surface area (Å²) >= 11 is 0. The van der Waals surface area contributed by atoms with Gasteiger partial charge in [-0.3, -0.25) is 0 Å². The van der Waals surface area contributed by atoms with E-state index in [-0.39, 0.29) is 12.6 Å². The first kappa shape index (κ1) is 13.7. The van der Waals surface area contributed by atoms with Crippen LogP contribution in [0.3, 0.4) is 0 Å². The monoisotopic (exact) mass is 264 g/mol. The molecule has 104 valence electrons. The first-order valence-electron chi connectivity index (χ1n) is 6.62. The van der Waals surface area contributed by atoms with Gasteiger partial charge in [0.1, 0.15) is 11.4 Å². The Hall–Kier alpha value is -1.75. The van der Waals surface area contributed by atoms with E-state index in [1.807, 2.05) is 31.2 Å². The third-order valence-electron chi connectivity index (χ3n) is 3.24. The van der Waals surface area contributed by atoms with E-state index in [1.54, 1.807) is 0 Å². The van der Waals surface area contributed by atoms with Crippen molar-refractivity contribution in [1.82, 2.24) is 10.6 Å². The highest BCUT2D eigenvalue weighted by atomic mass is 16.5. The number of carbonyl (C=O) groups excluding carboxylic acids is 1. The molecule has 0 spiro atoms. The zero-order valence-corrected chi connectivity index (χ0v) is 11.1. The van der Waals surface area contributed by atoms with Crippen LogP contribution in [0.2, 0.25) is 0 Å². The molecule has 2 amide bonds. The number of urea groups is 1. The first-order valence-corrected chi connectivity index (χ1v) is 6.62. The average Bonchev–Trinajstić information content (AvgIpc) is 2.44. The topological polar surface area (TPSA) is 70.6 Å². The zero-order chi connectivity index (χ0) is 13.7. The van der Waals surface area contributed by atoms with Crippen LogP contribution in [-0.2, 0) is 5.60 Å². The van der Waals surface area contributed by atoms with Gasteiger partial charge >= 0.3 is 6.03 Å². The highest BCUT2D eigenvalue weighted by Gasteiger charge is 2.35. The van der Waals surface area contributed by atoms with Gasteiger partial charge in [0.2, 0.25) is 0 Å². The second-order valence-corrected chi connectivity index (χ2v) is 4.74. The zero-order valence-electron chi connectivity index (χ0n) is 11.1. The molecule has 1 aliphatic rings. The van der Waals surface area contributed by atoms with Crippen LogP contribution in [-0.4, -0.2) is 30.8 Å².